The van der Waals surface area contributed by atoms with Crippen molar-refractivity contribution >= 4 is 34.9 Å². The van der Waals surface area contributed by atoms with Gasteiger partial charge in [-0.1, -0.05) is 38.5 Å². The number of carbonyl (C=O) groups is 1. The molecule has 1 aliphatic carbocycles. The summed E-state index contributed by atoms with van der Waals surface area (Å²) in [5.41, 5.74) is 5.14. The van der Waals surface area contributed by atoms with Crippen molar-refractivity contribution in [2.24, 2.45) is 5.92 Å². The number of hydrogen-bond donors (Lipinski definition) is 1. The molecule has 31 heavy (non-hydrogen) atoms. The normalized spacial score (nSPS) is 16.8. The first kappa shape index (κ1) is 24.0. The molecule has 0 heterocycles. The summed E-state index contributed by atoms with van der Waals surface area (Å²) in [5.74, 6) is 2.67. The van der Waals surface area contributed by atoms with Gasteiger partial charge in [-0.15, -0.1) is 23.5 Å². The van der Waals surface area contributed by atoms with Crippen LogP contribution in [0.5, 0.6) is 0 Å². The van der Waals surface area contributed by atoms with Gasteiger partial charge in [0.05, 0.1) is 5.57 Å². The average molecular weight is 455 g/mol. The van der Waals surface area contributed by atoms with Gasteiger partial charge in [0.2, 0.25) is 0 Å². The van der Waals surface area contributed by atoms with Gasteiger partial charge in [-0.2, -0.15) is 0 Å². The largest absolute Gasteiger partial charge is 0.512 e. The van der Waals surface area contributed by atoms with Crippen LogP contribution in [-0.4, -0.2) is 22.4 Å². The second-order valence-corrected chi connectivity index (χ2v) is 10.7. The van der Waals surface area contributed by atoms with Crippen LogP contribution in [0.4, 0.5) is 0 Å². The topological polar surface area (TPSA) is 37.3 Å². The molecule has 166 valence electrons. The summed E-state index contributed by atoms with van der Waals surface area (Å²) in [6.45, 7) is 8.51. The molecule has 3 rings (SSSR count). The minimum atomic E-state index is 0.105. The Hall–Kier alpha value is -1.65. The highest BCUT2D eigenvalue weighted by Gasteiger charge is 2.30. The molecule has 0 aromatic heterocycles. The van der Waals surface area contributed by atoms with Gasteiger partial charge >= 0.3 is 0 Å². The smallest absolute Gasteiger partial charge is 0.167 e. The monoisotopic (exact) mass is 454 g/mol. The zero-order valence-corrected chi connectivity index (χ0v) is 20.8. The molecular formula is C27H34O2S2. The summed E-state index contributed by atoms with van der Waals surface area (Å²) < 4.78 is 0. The SMILES string of the molecule is CCSc1ccc(SCCC2CC(=O)C(c3c(CC)cc(C)cc3CC)=C(O)C2)cc1. The molecule has 0 fully saturated rings. The van der Waals surface area contributed by atoms with Crippen LogP contribution in [0.1, 0.15) is 62.3 Å². The lowest BCUT2D eigenvalue weighted by molar-refractivity contribution is -0.115. The van der Waals surface area contributed by atoms with Gasteiger partial charge in [0.15, 0.2) is 5.78 Å². The maximum atomic E-state index is 13.1. The average Bonchev–Trinajstić information content (AvgIpc) is 2.75. The summed E-state index contributed by atoms with van der Waals surface area (Å²) in [7, 11) is 0. The summed E-state index contributed by atoms with van der Waals surface area (Å²) >= 11 is 3.69. The highest BCUT2D eigenvalue weighted by molar-refractivity contribution is 7.99. The number of benzene rings is 2. The van der Waals surface area contributed by atoms with Gasteiger partial charge in [0.25, 0.3) is 0 Å². The van der Waals surface area contributed by atoms with Crippen molar-refractivity contribution in [3.05, 3.63) is 64.4 Å². The van der Waals surface area contributed by atoms with Gasteiger partial charge in [0.1, 0.15) is 5.76 Å². The van der Waals surface area contributed by atoms with Crippen LogP contribution >= 0.6 is 23.5 Å². The first-order chi connectivity index (χ1) is 15.0. The van der Waals surface area contributed by atoms with Crippen molar-refractivity contribution in [3.8, 4) is 0 Å². The van der Waals surface area contributed by atoms with Crippen molar-refractivity contribution in [1.29, 1.82) is 0 Å². The fourth-order valence-corrected chi connectivity index (χ4v) is 6.10. The van der Waals surface area contributed by atoms with E-state index in [1.807, 2.05) is 23.5 Å². The number of carbonyl (C=O) groups excluding carboxylic acids is 1. The molecule has 0 saturated carbocycles. The number of hydrogen-bond acceptors (Lipinski definition) is 4. The first-order valence-corrected chi connectivity index (χ1v) is 13.4. The van der Waals surface area contributed by atoms with E-state index in [2.05, 4.69) is 64.1 Å². The Balaban J connectivity index is 1.69. The van der Waals surface area contributed by atoms with Crippen LogP contribution in [0, 0.1) is 12.8 Å². The Morgan fingerprint density at radius 3 is 2.03 bits per heavy atom. The maximum absolute atomic E-state index is 13.1. The van der Waals surface area contributed by atoms with Gasteiger partial charge in [0, 0.05) is 22.6 Å². The van der Waals surface area contributed by atoms with E-state index in [1.165, 1.54) is 26.5 Å². The number of Topliss-reactive ketones (excluding diaryl/α,β-unsaturated/α-hetero) is 1. The molecule has 0 aliphatic heterocycles. The molecule has 0 radical (unpaired) electrons. The number of thioether (sulfide) groups is 2. The minimum absolute atomic E-state index is 0.105. The highest BCUT2D eigenvalue weighted by atomic mass is 32.2. The van der Waals surface area contributed by atoms with E-state index < -0.39 is 0 Å². The lowest BCUT2D eigenvalue weighted by Crippen LogP contribution is -2.21. The summed E-state index contributed by atoms with van der Waals surface area (Å²) in [4.78, 5) is 15.7. The van der Waals surface area contributed by atoms with Crippen LogP contribution in [0.25, 0.3) is 5.57 Å². The van der Waals surface area contributed by atoms with Gasteiger partial charge in [-0.05, 0) is 84.6 Å². The third-order valence-corrected chi connectivity index (χ3v) is 7.85. The molecule has 2 nitrogen and oxygen atoms in total. The molecule has 0 saturated heterocycles. The quantitative estimate of drug-likeness (QED) is 0.395. The Kier molecular flexibility index (Phi) is 8.74. The Morgan fingerprint density at radius 1 is 0.935 bits per heavy atom. The van der Waals surface area contributed by atoms with Crippen molar-refractivity contribution in [3.63, 3.8) is 0 Å². The first-order valence-electron chi connectivity index (χ1n) is 11.4. The van der Waals surface area contributed by atoms with E-state index in [9.17, 15) is 9.90 Å². The molecule has 0 amide bonds. The summed E-state index contributed by atoms with van der Waals surface area (Å²) in [6.07, 6.45) is 3.81. The molecule has 2 aromatic carbocycles. The van der Waals surface area contributed by atoms with Gasteiger partial charge in [-0.25, -0.2) is 0 Å². The van der Waals surface area contributed by atoms with E-state index >= 15 is 0 Å². The number of aliphatic hydroxyl groups is 1. The summed E-state index contributed by atoms with van der Waals surface area (Å²) in [5, 5.41) is 10.9. The molecule has 1 N–H and O–H groups in total. The van der Waals surface area contributed by atoms with Crippen LogP contribution in [0.2, 0.25) is 0 Å². The minimum Gasteiger partial charge on any atom is -0.512 e. The molecule has 0 bridgehead atoms. The molecule has 1 aliphatic rings. The highest BCUT2D eigenvalue weighted by Crippen LogP contribution is 2.38. The lowest BCUT2D eigenvalue weighted by atomic mass is 9.79. The molecule has 0 spiro atoms. The van der Waals surface area contributed by atoms with Crippen LogP contribution in [0.15, 0.2) is 51.9 Å². The number of ketones is 1. The summed E-state index contributed by atoms with van der Waals surface area (Å²) in [6, 6.07) is 13.0. The van der Waals surface area contributed by atoms with Crippen molar-refractivity contribution in [1.82, 2.24) is 0 Å². The number of allylic oxidation sites excluding steroid dienone is 2. The van der Waals surface area contributed by atoms with Crippen LogP contribution in [-0.2, 0) is 17.6 Å². The second-order valence-electron chi connectivity index (χ2n) is 8.23. The zero-order valence-electron chi connectivity index (χ0n) is 19.2. The molecule has 2 aromatic rings. The van der Waals surface area contributed by atoms with Gasteiger partial charge in [-0.3, -0.25) is 4.79 Å². The Morgan fingerprint density at radius 2 is 1.52 bits per heavy atom. The lowest BCUT2D eigenvalue weighted by Gasteiger charge is -2.26. The predicted octanol–water partition coefficient (Wildman–Crippen LogP) is 7.66. The molecular weight excluding hydrogens is 420 g/mol. The van der Waals surface area contributed by atoms with Crippen molar-refractivity contribution < 1.29 is 9.90 Å². The van der Waals surface area contributed by atoms with Crippen LogP contribution < -0.4 is 0 Å². The fraction of sp³-hybridized carbons (Fsp3) is 0.444. The second kappa shape index (κ2) is 11.3. The maximum Gasteiger partial charge on any atom is 0.167 e. The van der Waals surface area contributed by atoms with E-state index in [-0.39, 0.29) is 11.7 Å². The van der Waals surface area contributed by atoms with Crippen molar-refractivity contribution in [2.75, 3.05) is 11.5 Å². The van der Waals surface area contributed by atoms with E-state index in [4.69, 9.17) is 0 Å². The van der Waals surface area contributed by atoms with Crippen LogP contribution in [0.3, 0.4) is 0 Å². The third-order valence-electron chi connectivity index (χ3n) is 5.91. The van der Waals surface area contributed by atoms with E-state index in [1.54, 1.807) is 0 Å². The third kappa shape index (κ3) is 5.98. The molecule has 1 atom stereocenters. The van der Waals surface area contributed by atoms with Gasteiger partial charge < -0.3 is 5.11 Å². The van der Waals surface area contributed by atoms with Crippen molar-refractivity contribution in [2.45, 2.75) is 69.6 Å². The number of rotatable bonds is 9. The number of aliphatic hydroxyl groups excluding tert-OH is 1. The predicted molar refractivity (Wildman–Crippen MR) is 135 cm³/mol. The standard InChI is InChI=1S/C27H34O2S2/c1-5-20-14-18(4)15-21(6-2)26(20)27-24(28)16-19(17-25(27)29)12-13-31-23-10-8-22(9-11-23)30-7-3/h8-11,14-15,19,28H,5-7,12-13,16-17H2,1-4H3. The van der Waals surface area contributed by atoms with E-state index in [0.29, 0.717) is 24.2 Å². The zero-order chi connectivity index (χ0) is 22.4. The fourth-order valence-electron chi connectivity index (χ4n) is 4.42. The van der Waals surface area contributed by atoms with E-state index in [0.717, 1.165) is 36.3 Å². The number of aryl methyl sites for hydroxylation is 3. The molecule has 1 unspecified atom stereocenters. The Labute approximate surface area is 195 Å². The molecule has 4 heteroatoms. The Bertz CT molecular complexity index is 919.